The van der Waals surface area contributed by atoms with Crippen molar-refractivity contribution in [1.29, 1.82) is 0 Å². The Morgan fingerprint density at radius 2 is 2.16 bits per heavy atom. The molecule has 3 N–H and O–H groups in total. The fraction of sp³-hybridized carbons (Fsp3) is 0.556. The molecule has 25 heavy (non-hydrogen) atoms. The van der Waals surface area contributed by atoms with Crippen molar-refractivity contribution in [2.75, 3.05) is 19.6 Å². The van der Waals surface area contributed by atoms with Crippen LogP contribution in [0.25, 0.3) is 0 Å². The van der Waals surface area contributed by atoms with Gasteiger partial charge in [0.1, 0.15) is 5.82 Å². The molecular formula is C18H24ClFN4O. The Labute approximate surface area is 152 Å². The average Bonchev–Trinajstić information content (AvgIpc) is 3.46. The zero-order valence-electron chi connectivity index (χ0n) is 14.3. The van der Waals surface area contributed by atoms with E-state index >= 15 is 0 Å². The molecule has 3 rings (SSSR count). The Bertz CT molecular complexity index is 642. The van der Waals surface area contributed by atoms with Crippen LogP contribution in [0.15, 0.2) is 23.2 Å². The SMILES string of the molecule is CCNC(=NCCNC(=O)C1CC1)NC1CC1c1c(F)cccc1Cl. The first-order valence-electron chi connectivity index (χ1n) is 8.86. The highest BCUT2D eigenvalue weighted by atomic mass is 35.5. The Morgan fingerprint density at radius 3 is 2.84 bits per heavy atom. The topological polar surface area (TPSA) is 65.5 Å². The van der Waals surface area contributed by atoms with Crippen LogP contribution >= 0.6 is 11.6 Å². The average molecular weight is 367 g/mol. The molecule has 0 bridgehead atoms. The Kier molecular flexibility index (Phi) is 5.78. The number of benzene rings is 1. The summed E-state index contributed by atoms with van der Waals surface area (Å²) >= 11 is 6.14. The highest BCUT2D eigenvalue weighted by molar-refractivity contribution is 6.31. The quantitative estimate of drug-likeness (QED) is 0.394. The molecule has 2 aliphatic rings. The number of rotatable bonds is 7. The van der Waals surface area contributed by atoms with E-state index in [0.29, 0.717) is 29.6 Å². The van der Waals surface area contributed by atoms with Gasteiger partial charge in [0.05, 0.1) is 6.54 Å². The Morgan fingerprint density at radius 1 is 1.36 bits per heavy atom. The molecule has 1 aromatic carbocycles. The molecule has 0 spiro atoms. The second-order valence-corrected chi connectivity index (χ2v) is 6.96. The van der Waals surface area contributed by atoms with Gasteiger partial charge in [-0.1, -0.05) is 17.7 Å². The maximum atomic E-state index is 14.0. The van der Waals surface area contributed by atoms with E-state index in [1.54, 1.807) is 12.1 Å². The standard InChI is InChI=1S/C18H24ClFN4O/c1-2-21-18(23-9-8-22-17(25)11-6-7-11)24-15-10-12(15)16-13(19)4-3-5-14(16)20/h3-5,11-12,15H,2,6-10H2,1H3,(H,22,25)(H2,21,23,24). The largest absolute Gasteiger partial charge is 0.357 e. The molecule has 1 amide bonds. The molecular weight excluding hydrogens is 343 g/mol. The van der Waals surface area contributed by atoms with Gasteiger partial charge in [-0.15, -0.1) is 0 Å². The molecule has 2 saturated carbocycles. The number of aliphatic imine (C=N–C) groups is 1. The van der Waals surface area contributed by atoms with Crippen LogP contribution in [0.1, 0.15) is 37.7 Å². The molecule has 0 aromatic heterocycles. The van der Waals surface area contributed by atoms with Crippen LogP contribution in [0.3, 0.4) is 0 Å². The Balaban J connectivity index is 1.50. The van der Waals surface area contributed by atoms with E-state index in [9.17, 15) is 9.18 Å². The minimum absolute atomic E-state index is 0.0622. The van der Waals surface area contributed by atoms with Crippen LogP contribution in [0, 0.1) is 11.7 Å². The van der Waals surface area contributed by atoms with Gasteiger partial charge >= 0.3 is 0 Å². The van der Waals surface area contributed by atoms with E-state index in [-0.39, 0.29) is 29.6 Å². The second-order valence-electron chi connectivity index (χ2n) is 6.55. The van der Waals surface area contributed by atoms with Gasteiger partial charge in [-0.25, -0.2) is 4.39 Å². The monoisotopic (exact) mass is 366 g/mol. The van der Waals surface area contributed by atoms with E-state index in [2.05, 4.69) is 20.9 Å². The summed E-state index contributed by atoms with van der Waals surface area (Å²) in [7, 11) is 0. The van der Waals surface area contributed by atoms with Crippen LogP contribution < -0.4 is 16.0 Å². The normalized spacial score (nSPS) is 22.4. The minimum atomic E-state index is -0.258. The van der Waals surface area contributed by atoms with E-state index < -0.39 is 0 Å². The fourth-order valence-electron chi connectivity index (χ4n) is 2.87. The lowest BCUT2D eigenvalue weighted by molar-refractivity contribution is -0.122. The number of carbonyl (C=O) groups is 1. The number of hydrogen-bond donors (Lipinski definition) is 3. The third-order valence-electron chi connectivity index (χ3n) is 4.46. The minimum Gasteiger partial charge on any atom is -0.357 e. The summed E-state index contributed by atoms with van der Waals surface area (Å²) in [6.45, 7) is 3.76. The zero-order valence-corrected chi connectivity index (χ0v) is 15.1. The number of halogens is 2. The highest BCUT2D eigenvalue weighted by Crippen LogP contribution is 2.44. The van der Waals surface area contributed by atoms with Crippen molar-refractivity contribution in [2.24, 2.45) is 10.9 Å². The van der Waals surface area contributed by atoms with Crippen LogP contribution in [0.2, 0.25) is 5.02 Å². The molecule has 2 aliphatic carbocycles. The third-order valence-corrected chi connectivity index (χ3v) is 4.79. The number of amides is 1. The smallest absolute Gasteiger partial charge is 0.223 e. The molecule has 136 valence electrons. The van der Waals surface area contributed by atoms with Crippen LogP contribution in [0.4, 0.5) is 4.39 Å². The first-order valence-corrected chi connectivity index (χ1v) is 9.24. The van der Waals surface area contributed by atoms with E-state index in [4.69, 9.17) is 11.6 Å². The molecule has 1 aromatic rings. The summed E-state index contributed by atoms with van der Waals surface area (Å²) < 4.78 is 14.0. The predicted molar refractivity (Wildman–Crippen MR) is 97.4 cm³/mol. The predicted octanol–water partition coefficient (Wildman–Crippen LogP) is 2.42. The second kappa shape index (κ2) is 8.04. The molecule has 5 nitrogen and oxygen atoms in total. The van der Waals surface area contributed by atoms with Crippen molar-refractivity contribution >= 4 is 23.5 Å². The first kappa shape index (κ1) is 18.0. The van der Waals surface area contributed by atoms with E-state index in [1.165, 1.54) is 6.07 Å². The summed E-state index contributed by atoms with van der Waals surface area (Å²) in [5.74, 6) is 0.833. The third kappa shape index (κ3) is 4.84. The molecule has 0 saturated heterocycles. The van der Waals surface area contributed by atoms with Gasteiger partial charge < -0.3 is 16.0 Å². The first-order chi connectivity index (χ1) is 12.1. The highest BCUT2D eigenvalue weighted by Gasteiger charge is 2.41. The molecule has 0 heterocycles. The number of hydrogen-bond acceptors (Lipinski definition) is 2. The lowest BCUT2D eigenvalue weighted by Crippen LogP contribution is -2.39. The van der Waals surface area contributed by atoms with Gasteiger partial charge in [0.25, 0.3) is 0 Å². The van der Waals surface area contributed by atoms with E-state index in [0.717, 1.165) is 25.8 Å². The number of carbonyl (C=O) groups excluding carboxylic acids is 1. The summed E-state index contributed by atoms with van der Waals surface area (Å²) in [5, 5.41) is 9.86. The van der Waals surface area contributed by atoms with Crippen molar-refractivity contribution in [3.63, 3.8) is 0 Å². The van der Waals surface area contributed by atoms with Gasteiger partial charge in [0, 0.05) is 41.6 Å². The van der Waals surface area contributed by atoms with Crippen molar-refractivity contribution in [3.05, 3.63) is 34.6 Å². The number of nitrogens with zero attached hydrogens (tertiary/aromatic N) is 1. The Hall–Kier alpha value is -1.82. The summed E-state index contributed by atoms with van der Waals surface area (Å²) in [4.78, 5) is 16.1. The van der Waals surface area contributed by atoms with Gasteiger partial charge in [0.2, 0.25) is 5.91 Å². The molecule has 2 unspecified atom stereocenters. The maximum absolute atomic E-state index is 14.0. The van der Waals surface area contributed by atoms with Gasteiger partial charge in [-0.05, 0) is 38.3 Å². The molecule has 0 aliphatic heterocycles. The van der Waals surface area contributed by atoms with E-state index in [1.807, 2.05) is 6.92 Å². The summed E-state index contributed by atoms with van der Waals surface area (Å²) in [5.41, 5.74) is 0.578. The van der Waals surface area contributed by atoms with Gasteiger partial charge in [0.15, 0.2) is 5.96 Å². The summed E-state index contributed by atoms with van der Waals surface area (Å²) in [6.07, 6.45) is 2.82. The van der Waals surface area contributed by atoms with Crippen LogP contribution in [0.5, 0.6) is 0 Å². The van der Waals surface area contributed by atoms with Crippen molar-refractivity contribution in [2.45, 2.75) is 38.1 Å². The van der Waals surface area contributed by atoms with Crippen LogP contribution in [-0.4, -0.2) is 37.5 Å². The summed E-state index contributed by atoms with van der Waals surface area (Å²) in [6, 6.07) is 4.90. The fourth-order valence-corrected chi connectivity index (χ4v) is 3.17. The number of guanidine groups is 1. The zero-order chi connectivity index (χ0) is 17.8. The van der Waals surface area contributed by atoms with Gasteiger partial charge in [-0.2, -0.15) is 0 Å². The van der Waals surface area contributed by atoms with Crippen molar-refractivity contribution in [1.82, 2.24) is 16.0 Å². The lowest BCUT2D eigenvalue weighted by Gasteiger charge is -2.12. The molecule has 0 radical (unpaired) electrons. The van der Waals surface area contributed by atoms with Crippen molar-refractivity contribution < 1.29 is 9.18 Å². The molecule has 2 atom stereocenters. The number of nitrogens with one attached hydrogen (secondary N) is 3. The van der Waals surface area contributed by atoms with Gasteiger partial charge in [-0.3, -0.25) is 9.79 Å². The molecule has 2 fully saturated rings. The lowest BCUT2D eigenvalue weighted by atomic mass is 10.1. The maximum Gasteiger partial charge on any atom is 0.223 e. The van der Waals surface area contributed by atoms with Crippen LogP contribution in [-0.2, 0) is 4.79 Å². The van der Waals surface area contributed by atoms with Crippen molar-refractivity contribution in [3.8, 4) is 0 Å². The molecule has 7 heteroatoms.